The molecule has 5 heteroatoms. The minimum Gasteiger partial charge on any atom is -0.485 e. The Bertz CT molecular complexity index is 769. The van der Waals surface area contributed by atoms with Crippen LogP contribution in [-0.2, 0) is 4.79 Å². The highest BCUT2D eigenvalue weighted by Crippen LogP contribution is 2.35. The molecule has 2 aliphatic rings. The number of thioether (sulfide) groups is 1. The molecule has 1 saturated heterocycles. The maximum Gasteiger partial charge on any atom is 0.266 e. The van der Waals surface area contributed by atoms with E-state index in [0.717, 1.165) is 36.3 Å². The second kappa shape index (κ2) is 9.56. The molecule has 1 fully saturated rings. The Balaban J connectivity index is 1.63. The number of benzene rings is 1. The van der Waals surface area contributed by atoms with Crippen molar-refractivity contribution in [3.63, 3.8) is 0 Å². The molecule has 0 aromatic heterocycles. The number of unbranched alkanes of at least 4 members (excludes halogenated alkanes) is 5. The summed E-state index contributed by atoms with van der Waals surface area (Å²) in [4.78, 5) is 15.2. The smallest absolute Gasteiger partial charge is 0.266 e. The van der Waals surface area contributed by atoms with Crippen LogP contribution in [0, 0.1) is 0 Å². The number of fused-ring (bicyclic) bond motifs is 1. The van der Waals surface area contributed by atoms with Crippen LogP contribution >= 0.6 is 24.0 Å². The molecule has 0 N–H and O–H groups in total. The van der Waals surface area contributed by atoms with Crippen LogP contribution in [0.15, 0.2) is 40.8 Å². The number of carbonyl (C=O) groups excluding carboxylic acids is 1. The molecular weight excluding hydrogens is 374 g/mol. The fourth-order valence-corrected chi connectivity index (χ4v) is 4.62. The standard InChI is InChI=1S/C22H27NO2S2/c1-3-4-5-6-7-10-13-23-21(24)20(27-22(23)26)15-18-14-17-11-8-9-12-19(17)25-16(18)2/h8-9,11-12,14-16H,3-7,10,13H2,1-2H3. The molecule has 1 aromatic carbocycles. The zero-order valence-electron chi connectivity index (χ0n) is 16.1. The first-order chi connectivity index (χ1) is 13.1. The summed E-state index contributed by atoms with van der Waals surface area (Å²) in [6.07, 6.45) is 11.2. The third kappa shape index (κ3) is 5.02. The number of amides is 1. The molecule has 0 spiro atoms. The summed E-state index contributed by atoms with van der Waals surface area (Å²) in [5, 5.41) is 0. The highest BCUT2D eigenvalue weighted by atomic mass is 32.2. The van der Waals surface area contributed by atoms with Gasteiger partial charge in [0, 0.05) is 12.1 Å². The van der Waals surface area contributed by atoms with Crippen molar-refractivity contribution >= 4 is 40.3 Å². The van der Waals surface area contributed by atoms with E-state index in [1.54, 1.807) is 4.90 Å². The fraction of sp³-hybridized carbons (Fsp3) is 0.455. The molecule has 2 heterocycles. The van der Waals surface area contributed by atoms with E-state index in [4.69, 9.17) is 17.0 Å². The van der Waals surface area contributed by atoms with Crippen LogP contribution in [0.25, 0.3) is 6.08 Å². The Hall–Kier alpha value is -1.59. The summed E-state index contributed by atoms with van der Waals surface area (Å²) in [6, 6.07) is 7.96. The van der Waals surface area contributed by atoms with Crippen molar-refractivity contribution in [2.24, 2.45) is 0 Å². The van der Waals surface area contributed by atoms with Crippen LogP contribution < -0.4 is 4.74 Å². The third-order valence-electron chi connectivity index (χ3n) is 4.92. The number of para-hydroxylation sites is 1. The van der Waals surface area contributed by atoms with Crippen LogP contribution in [0.2, 0.25) is 0 Å². The van der Waals surface area contributed by atoms with Gasteiger partial charge >= 0.3 is 0 Å². The van der Waals surface area contributed by atoms with Gasteiger partial charge in [0.05, 0.1) is 4.91 Å². The zero-order chi connectivity index (χ0) is 19.2. The molecule has 0 aliphatic carbocycles. The lowest BCUT2D eigenvalue weighted by atomic mass is 10.0. The number of rotatable bonds is 8. The molecule has 1 atom stereocenters. The molecule has 0 saturated carbocycles. The summed E-state index contributed by atoms with van der Waals surface area (Å²) >= 11 is 6.85. The van der Waals surface area contributed by atoms with Gasteiger partial charge in [-0.1, -0.05) is 81.2 Å². The Kier molecular flexibility index (Phi) is 7.13. The normalized spacial score (nSPS) is 20.7. The van der Waals surface area contributed by atoms with Gasteiger partial charge in [-0.2, -0.15) is 0 Å². The molecule has 144 valence electrons. The summed E-state index contributed by atoms with van der Waals surface area (Å²) in [6.45, 7) is 4.95. The largest absolute Gasteiger partial charge is 0.485 e. The van der Waals surface area contributed by atoms with Gasteiger partial charge in [0.15, 0.2) is 0 Å². The monoisotopic (exact) mass is 401 g/mol. The Labute approximate surface area is 171 Å². The summed E-state index contributed by atoms with van der Waals surface area (Å²) in [7, 11) is 0. The van der Waals surface area contributed by atoms with Crippen LogP contribution in [-0.4, -0.2) is 27.8 Å². The van der Waals surface area contributed by atoms with E-state index in [2.05, 4.69) is 13.0 Å². The number of hydrogen-bond donors (Lipinski definition) is 0. The average Bonchev–Trinajstić information content (AvgIpc) is 2.92. The van der Waals surface area contributed by atoms with Gasteiger partial charge in [-0.05, 0) is 37.1 Å². The molecule has 1 aromatic rings. The first-order valence-corrected chi connectivity index (χ1v) is 11.0. The van der Waals surface area contributed by atoms with E-state index in [1.807, 2.05) is 37.3 Å². The Morgan fingerprint density at radius 2 is 1.93 bits per heavy atom. The lowest BCUT2D eigenvalue weighted by molar-refractivity contribution is -0.122. The first kappa shape index (κ1) is 20.2. The van der Waals surface area contributed by atoms with Crippen LogP contribution in [0.1, 0.15) is 57.9 Å². The van der Waals surface area contributed by atoms with E-state index >= 15 is 0 Å². The molecule has 3 nitrogen and oxygen atoms in total. The van der Waals surface area contributed by atoms with Gasteiger partial charge in [0.25, 0.3) is 5.91 Å². The maximum atomic E-state index is 12.8. The average molecular weight is 402 g/mol. The SMILES string of the molecule is CCCCCCCCN1C(=O)C(=CC2=Cc3ccccc3OC2C)SC1=S. The Morgan fingerprint density at radius 3 is 2.74 bits per heavy atom. The van der Waals surface area contributed by atoms with Gasteiger partial charge in [0.2, 0.25) is 0 Å². The lowest BCUT2D eigenvalue weighted by Gasteiger charge is -2.23. The van der Waals surface area contributed by atoms with E-state index in [0.29, 0.717) is 9.23 Å². The van der Waals surface area contributed by atoms with Crippen molar-refractivity contribution in [1.82, 2.24) is 4.90 Å². The van der Waals surface area contributed by atoms with E-state index in [9.17, 15) is 4.79 Å². The molecule has 1 unspecified atom stereocenters. The highest BCUT2D eigenvalue weighted by molar-refractivity contribution is 8.26. The number of hydrogen-bond acceptors (Lipinski definition) is 4. The van der Waals surface area contributed by atoms with E-state index in [1.165, 1.54) is 37.4 Å². The summed E-state index contributed by atoms with van der Waals surface area (Å²) < 4.78 is 6.65. The molecule has 0 bridgehead atoms. The Morgan fingerprint density at radius 1 is 1.19 bits per heavy atom. The maximum absolute atomic E-state index is 12.8. The fourth-order valence-electron chi connectivity index (χ4n) is 3.32. The first-order valence-electron chi connectivity index (χ1n) is 9.82. The molecule has 1 amide bonds. The van der Waals surface area contributed by atoms with Crippen LogP contribution in [0.5, 0.6) is 5.75 Å². The molecule has 3 rings (SSSR count). The summed E-state index contributed by atoms with van der Waals surface area (Å²) in [5.74, 6) is 0.920. The molecule has 2 aliphatic heterocycles. The number of ether oxygens (including phenoxy) is 1. The second-order valence-corrected chi connectivity index (χ2v) is 8.72. The highest BCUT2D eigenvalue weighted by Gasteiger charge is 2.32. The van der Waals surface area contributed by atoms with Gasteiger partial charge in [-0.3, -0.25) is 9.69 Å². The predicted octanol–water partition coefficient (Wildman–Crippen LogP) is 5.96. The van der Waals surface area contributed by atoms with Gasteiger partial charge < -0.3 is 4.74 Å². The number of thiocarbonyl (C=S) groups is 1. The number of nitrogens with zero attached hydrogens (tertiary/aromatic N) is 1. The van der Waals surface area contributed by atoms with Crippen molar-refractivity contribution < 1.29 is 9.53 Å². The number of carbonyl (C=O) groups is 1. The minimum absolute atomic E-state index is 0.0329. The van der Waals surface area contributed by atoms with Gasteiger partial charge in [-0.25, -0.2) is 0 Å². The van der Waals surface area contributed by atoms with Crippen molar-refractivity contribution in [1.29, 1.82) is 0 Å². The van der Waals surface area contributed by atoms with Crippen molar-refractivity contribution in [3.05, 3.63) is 46.4 Å². The van der Waals surface area contributed by atoms with Crippen molar-refractivity contribution in [2.75, 3.05) is 6.54 Å². The third-order valence-corrected chi connectivity index (χ3v) is 6.30. The topological polar surface area (TPSA) is 29.5 Å². The lowest BCUT2D eigenvalue weighted by Crippen LogP contribution is -2.29. The van der Waals surface area contributed by atoms with E-state index < -0.39 is 0 Å². The van der Waals surface area contributed by atoms with Crippen LogP contribution in [0.3, 0.4) is 0 Å². The second-order valence-electron chi connectivity index (χ2n) is 7.04. The van der Waals surface area contributed by atoms with Gasteiger partial charge in [-0.15, -0.1) is 0 Å². The van der Waals surface area contributed by atoms with Crippen LogP contribution in [0.4, 0.5) is 0 Å². The van der Waals surface area contributed by atoms with Crippen molar-refractivity contribution in [3.8, 4) is 5.75 Å². The predicted molar refractivity (Wildman–Crippen MR) is 118 cm³/mol. The molecule has 0 radical (unpaired) electrons. The molecular formula is C22H27NO2S2. The van der Waals surface area contributed by atoms with E-state index in [-0.39, 0.29) is 12.0 Å². The quantitative estimate of drug-likeness (QED) is 0.305. The summed E-state index contributed by atoms with van der Waals surface area (Å²) in [5.41, 5.74) is 2.05. The molecule has 27 heavy (non-hydrogen) atoms. The van der Waals surface area contributed by atoms with Crippen molar-refractivity contribution in [2.45, 2.75) is 58.5 Å². The zero-order valence-corrected chi connectivity index (χ0v) is 17.7. The van der Waals surface area contributed by atoms with Gasteiger partial charge in [0.1, 0.15) is 16.2 Å². The minimum atomic E-state index is -0.0815.